The van der Waals surface area contributed by atoms with E-state index in [0.29, 0.717) is 0 Å². The Morgan fingerprint density at radius 3 is 2.52 bits per heavy atom. The Morgan fingerprint density at radius 2 is 1.87 bits per heavy atom. The van der Waals surface area contributed by atoms with Crippen molar-refractivity contribution in [2.45, 2.75) is 0 Å². The molecule has 0 aliphatic carbocycles. The van der Waals surface area contributed by atoms with Crippen LogP contribution in [-0.2, 0) is 4.74 Å². The Balaban J connectivity index is 2.24. The fourth-order valence-electron chi connectivity index (χ4n) is 1.84. The first-order chi connectivity index (χ1) is 10.9. The van der Waals surface area contributed by atoms with E-state index in [-0.39, 0.29) is 27.5 Å². The van der Waals surface area contributed by atoms with Crippen LogP contribution < -0.4 is 5.32 Å². The summed E-state index contributed by atoms with van der Waals surface area (Å²) < 4.78 is 4.58. The van der Waals surface area contributed by atoms with Crippen molar-refractivity contribution in [3.8, 4) is 0 Å². The fourth-order valence-corrected chi connectivity index (χ4v) is 2.03. The quantitative estimate of drug-likeness (QED) is 0.525. The van der Waals surface area contributed by atoms with Crippen LogP contribution in [0.2, 0.25) is 5.02 Å². The number of nitro groups is 1. The minimum atomic E-state index is -0.643. The number of ether oxygens (including phenoxy) is 1. The molecule has 2 rings (SSSR count). The van der Waals surface area contributed by atoms with E-state index in [4.69, 9.17) is 11.6 Å². The molecule has 0 fully saturated rings. The van der Waals surface area contributed by atoms with Crippen molar-refractivity contribution in [2.75, 3.05) is 12.4 Å². The number of rotatable bonds is 4. The smallest absolute Gasteiger partial charge is 0.337 e. The summed E-state index contributed by atoms with van der Waals surface area (Å²) in [5, 5.41) is 13.3. The number of halogens is 1. The van der Waals surface area contributed by atoms with Crippen LogP contribution in [0.4, 0.5) is 11.4 Å². The zero-order valence-corrected chi connectivity index (χ0v) is 12.7. The third kappa shape index (κ3) is 3.83. The van der Waals surface area contributed by atoms with Crippen LogP contribution in [0.5, 0.6) is 0 Å². The van der Waals surface area contributed by atoms with Gasteiger partial charge in [0.1, 0.15) is 5.02 Å². The van der Waals surface area contributed by atoms with Crippen molar-refractivity contribution >= 4 is 34.9 Å². The van der Waals surface area contributed by atoms with Crippen LogP contribution >= 0.6 is 11.6 Å². The monoisotopic (exact) mass is 334 g/mol. The summed E-state index contributed by atoms with van der Waals surface area (Å²) in [5.41, 5.74) is 0.343. The molecule has 2 aromatic carbocycles. The maximum Gasteiger partial charge on any atom is 0.337 e. The normalized spacial score (nSPS) is 10.0. The molecule has 0 bridgehead atoms. The molecule has 23 heavy (non-hydrogen) atoms. The Labute approximate surface area is 136 Å². The maximum absolute atomic E-state index is 12.2. The van der Waals surface area contributed by atoms with Crippen molar-refractivity contribution in [1.82, 2.24) is 0 Å². The Hall–Kier alpha value is -2.93. The van der Waals surface area contributed by atoms with Crippen LogP contribution in [0.15, 0.2) is 42.5 Å². The molecule has 0 atom stereocenters. The zero-order valence-electron chi connectivity index (χ0n) is 11.9. The molecular formula is C15H11ClN2O5. The van der Waals surface area contributed by atoms with Crippen molar-refractivity contribution in [3.63, 3.8) is 0 Å². The van der Waals surface area contributed by atoms with E-state index in [0.717, 1.165) is 6.07 Å². The van der Waals surface area contributed by atoms with Gasteiger partial charge >= 0.3 is 5.97 Å². The lowest BCUT2D eigenvalue weighted by atomic mass is 10.1. The van der Waals surface area contributed by atoms with Crippen LogP contribution in [-0.4, -0.2) is 23.9 Å². The summed E-state index contributed by atoms with van der Waals surface area (Å²) in [4.78, 5) is 33.8. The molecule has 2 aromatic rings. The lowest BCUT2D eigenvalue weighted by molar-refractivity contribution is -0.384. The Kier molecular flexibility index (Phi) is 4.92. The summed E-state index contributed by atoms with van der Waals surface area (Å²) in [6.45, 7) is 0. The molecule has 118 valence electrons. The molecule has 0 heterocycles. The number of hydrogen-bond acceptors (Lipinski definition) is 5. The van der Waals surface area contributed by atoms with E-state index in [9.17, 15) is 19.7 Å². The van der Waals surface area contributed by atoms with E-state index >= 15 is 0 Å². The van der Waals surface area contributed by atoms with Gasteiger partial charge in [0.25, 0.3) is 11.6 Å². The van der Waals surface area contributed by atoms with Crippen molar-refractivity contribution in [3.05, 3.63) is 68.7 Å². The standard InChI is InChI=1S/C15H11ClN2O5/c1-23-15(20)10-4-2-3-9(7-10)14(19)17-11-5-6-12(16)13(8-11)18(21)22/h2-8H,1H3,(H,17,19). The molecule has 0 unspecified atom stereocenters. The first kappa shape index (κ1) is 16.4. The molecule has 1 N–H and O–H groups in total. The number of nitro benzene ring substituents is 1. The second kappa shape index (κ2) is 6.89. The largest absolute Gasteiger partial charge is 0.465 e. The summed E-state index contributed by atoms with van der Waals surface area (Å²) in [6, 6.07) is 9.83. The highest BCUT2D eigenvalue weighted by atomic mass is 35.5. The van der Waals surface area contributed by atoms with E-state index in [1.807, 2.05) is 0 Å². The van der Waals surface area contributed by atoms with Gasteiger partial charge in [-0.1, -0.05) is 17.7 Å². The topological polar surface area (TPSA) is 98.5 Å². The second-order valence-electron chi connectivity index (χ2n) is 4.45. The fraction of sp³-hybridized carbons (Fsp3) is 0.0667. The minimum Gasteiger partial charge on any atom is -0.465 e. The van der Waals surface area contributed by atoms with Gasteiger partial charge in [-0.3, -0.25) is 14.9 Å². The number of carbonyl (C=O) groups is 2. The summed E-state index contributed by atoms with van der Waals surface area (Å²) >= 11 is 5.71. The van der Waals surface area contributed by atoms with Gasteiger partial charge in [-0.2, -0.15) is 0 Å². The average Bonchev–Trinajstić information content (AvgIpc) is 2.55. The SMILES string of the molecule is COC(=O)c1cccc(C(=O)Nc2ccc(Cl)c([N+](=O)[O-])c2)c1. The third-order valence-electron chi connectivity index (χ3n) is 2.95. The van der Waals surface area contributed by atoms with Gasteiger partial charge in [-0.25, -0.2) is 4.79 Å². The highest BCUT2D eigenvalue weighted by Gasteiger charge is 2.15. The molecule has 0 saturated carbocycles. The lowest BCUT2D eigenvalue weighted by Gasteiger charge is -2.07. The zero-order chi connectivity index (χ0) is 17.0. The van der Waals surface area contributed by atoms with Gasteiger partial charge in [0.05, 0.1) is 17.6 Å². The maximum atomic E-state index is 12.2. The number of methoxy groups -OCH3 is 1. The molecule has 0 aliphatic heterocycles. The van der Waals surface area contributed by atoms with Crippen LogP contribution in [0, 0.1) is 10.1 Å². The molecule has 7 nitrogen and oxygen atoms in total. The molecule has 0 aromatic heterocycles. The van der Waals surface area contributed by atoms with Gasteiger partial charge < -0.3 is 10.1 Å². The number of benzene rings is 2. The number of nitrogens with one attached hydrogen (secondary N) is 1. The number of anilines is 1. The van der Waals surface area contributed by atoms with Gasteiger partial charge in [-0.15, -0.1) is 0 Å². The van der Waals surface area contributed by atoms with E-state index in [1.54, 1.807) is 0 Å². The molecule has 0 radical (unpaired) electrons. The summed E-state index contributed by atoms with van der Waals surface area (Å²) in [6.07, 6.45) is 0. The molecular weight excluding hydrogens is 324 g/mol. The number of esters is 1. The van der Waals surface area contributed by atoms with Crippen LogP contribution in [0.3, 0.4) is 0 Å². The number of amides is 1. The third-order valence-corrected chi connectivity index (χ3v) is 3.27. The van der Waals surface area contributed by atoms with Gasteiger partial charge in [0, 0.05) is 17.3 Å². The first-order valence-electron chi connectivity index (χ1n) is 6.36. The molecule has 0 spiro atoms. The van der Waals surface area contributed by atoms with E-state index in [2.05, 4.69) is 10.1 Å². The van der Waals surface area contributed by atoms with Gasteiger partial charge in [0.15, 0.2) is 0 Å². The van der Waals surface area contributed by atoms with Crippen molar-refractivity contribution < 1.29 is 19.2 Å². The molecule has 1 amide bonds. The van der Waals surface area contributed by atoms with E-state index < -0.39 is 16.8 Å². The van der Waals surface area contributed by atoms with E-state index in [1.165, 1.54) is 43.5 Å². The molecule has 0 saturated heterocycles. The van der Waals surface area contributed by atoms with Crippen LogP contribution in [0.25, 0.3) is 0 Å². The number of carbonyl (C=O) groups excluding carboxylic acids is 2. The van der Waals surface area contributed by atoms with Crippen molar-refractivity contribution in [1.29, 1.82) is 0 Å². The summed E-state index contributed by atoms with van der Waals surface area (Å²) in [5.74, 6) is -1.09. The first-order valence-corrected chi connectivity index (χ1v) is 6.74. The average molecular weight is 335 g/mol. The van der Waals surface area contributed by atoms with Gasteiger partial charge in [0.2, 0.25) is 0 Å². The molecule has 8 heteroatoms. The highest BCUT2D eigenvalue weighted by molar-refractivity contribution is 6.32. The predicted octanol–water partition coefficient (Wildman–Crippen LogP) is 3.29. The Morgan fingerprint density at radius 1 is 1.17 bits per heavy atom. The second-order valence-corrected chi connectivity index (χ2v) is 4.86. The Bertz CT molecular complexity index is 791. The molecule has 0 aliphatic rings. The summed E-state index contributed by atoms with van der Waals surface area (Å²) in [7, 11) is 1.24. The predicted molar refractivity (Wildman–Crippen MR) is 83.8 cm³/mol. The number of nitrogens with zero attached hydrogens (tertiary/aromatic N) is 1. The minimum absolute atomic E-state index is 0.0271. The van der Waals surface area contributed by atoms with Crippen molar-refractivity contribution in [2.24, 2.45) is 0 Å². The lowest BCUT2D eigenvalue weighted by Crippen LogP contribution is -2.13. The van der Waals surface area contributed by atoms with Gasteiger partial charge in [-0.05, 0) is 30.3 Å². The van der Waals surface area contributed by atoms with Crippen LogP contribution in [0.1, 0.15) is 20.7 Å². The number of hydrogen-bond donors (Lipinski definition) is 1. The highest BCUT2D eigenvalue weighted by Crippen LogP contribution is 2.27.